The van der Waals surface area contributed by atoms with Crippen molar-refractivity contribution < 1.29 is 9.90 Å². The average molecular weight is 306 g/mol. The number of hydrogen-bond donors (Lipinski definition) is 2. The molecule has 0 radical (unpaired) electrons. The van der Waals surface area contributed by atoms with E-state index in [9.17, 15) is 9.90 Å². The standard InChI is InChI=1S/C16H26N4O2/c1-3-6-13(7-4-2)10-15(21)20-9-5-8-16(22,12-20)14-11-17-19-18-14/h10-11,22H,3-9,12H2,1-2H3,(H,17,18,19)/t16-/m1/s1. The molecule has 1 fully saturated rings. The number of rotatable bonds is 6. The Balaban J connectivity index is 2.08. The molecule has 0 saturated carbocycles. The molecule has 1 aromatic rings. The van der Waals surface area contributed by atoms with E-state index in [1.54, 1.807) is 11.0 Å². The van der Waals surface area contributed by atoms with Crippen molar-refractivity contribution in [2.75, 3.05) is 13.1 Å². The summed E-state index contributed by atoms with van der Waals surface area (Å²) in [4.78, 5) is 14.2. The Kier molecular flexibility index (Phi) is 5.71. The minimum absolute atomic E-state index is 0.00137. The topological polar surface area (TPSA) is 82.1 Å². The molecule has 1 amide bonds. The van der Waals surface area contributed by atoms with Crippen LogP contribution in [0.25, 0.3) is 0 Å². The van der Waals surface area contributed by atoms with E-state index in [0.29, 0.717) is 18.7 Å². The highest BCUT2D eigenvalue weighted by Crippen LogP contribution is 2.30. The van der Waals surface area contributed by atoms with Crippen LogP contribution in [0.4, 0.5) is 0 Å². The van der Waals surface area contributed by atoms with Crippen LogP contribution < -0.4 is 0 Å². The van der Waals surface area contributed by atoms with Crippen molar-refractivity contribution in [2.24, 2.45) is 0 Å². The van der Waals surface area contributed by atoms with Gasteiger partial charge in [-0.05, 0) is 25.7 Å². The zero-order valence-electron chi connectivity index (χ0n) is 13.5. The third-order valence-corrected chi connectivity index (χ3v) is 4.14. The van der Waals surface area contributed by atoms with Crippen molar-refractivity contribution in [3.8, 4) is 0 Å². The number of nitrogens with zero attached hydrogens (tertiary/aromatic N) is 3. The third-order valence-electron chi connectivity index (χ3n) is 4.14. The second-order valence-electron chi connectivity index (χ2n) is 6.05. The van der Waals surface area contributed by atoms with E-state index >= 15 is 0 Å². The van der Waals surface area contributed by atoms with Gasteiger partial charge in [0.1, 0.15) is 11.3 Å². The largest absolute Gasteiger partial charge is 0.382 e. The first kappa shape index (κ1) is 16.7. The normalized spacial score (nSPS) is 21.7. The van der Waals surface area contributed by atoms with Crippen LogP contribution >= 0.6 is 0 Å². The molecule has 1 aliphatic heterocycles. The molecule has 122 valence electrons. The van der Waals surface area contributed by atoms with E-state index in [0.717, 1.165) is 32.1 Å². The van der Waals surface area contributed by atoms with Crippen molar-refractivity contribution in [3.05, 3.63) is 23.5 Å². The maximum atomic E-state index is 12.5. The van der Waals surface area contributed by atoms with E-state index in [4.69, 9.17) is 0 Å². The maximum absolute atomic E-state index is 12.5. The van der Waals surface area contributed by atoms with Gasteiger partial charge in [-0.15, -0.1) is 0 Å². The molecule has 2 N–H and O–H groups in total. The molecule has 0 spiro atoms. The SMILES string of the molecule is CCCC(=CC(=O)N1CCC[C@](O)(c2cn[nH]n2)C1)CCC. The molecule has 1 atom stereocenters. The van der Waals surface area contributed by atoms with E-state index < -0.39 is 5.60 Å². The lowest BCUT2D eigenvalue weighted by atomic mass is 9.90. The van der Waals surface area contributed by atoms with Gasteiger partial charge in [-0.3, -0.25) is 4.79 Å². The maximum Gasteiger partial charge on any atom is 0.246 e. The van der Waals surface area contributed by atoms with E-state index in [1.165, 1.54) is 11.8 Å². The smallest absolute Gasteiger partial charge is 0.246 e. The van der Waals surface area contributed by atoms with Crippen molar-refractivity contribution in [3.63, 3.8) is 0 Å². The predicted octanol–water partition coefficient (Wildman–Crippen LogP) is 2.14. The Bertz CT molecular complexity index is 504. The second kappa shape index (κ2) is 7.54. The number of piperidine rings is 1. The number of aromatic nitrogens is 3. The van der Waals surface area contributed by atoms with Crippen LogP contribution in [0, 0.1) is 0 Å². The van der Waals surface area contributed by atoms with Gasteiger partial charge in [-0.1, -0.05) is 32.3 Å². The number of β-amino-alcohol motifs (C(OH)–C–C–N with tert-alkyl or cyclic N) is 1. The number of carbonyl (C=O) groups excluding carboxylic acids is 1. The number of H-pyrrole nitrogens is 1. The minimum atomic E-state index is -1.09. The lowest BCUT2D eigenvalue weighted by Crippen LogP contribution is -2.48. The molecular weight excluding hydrogens is 280 g/mol. The number of allylic oxidation sites excluding steroid dienone is 1. The third kappa shape index (κ3) is 3.94. The second-order valence-corrected chi connectivity index (χ2v) is 6.05. The van der Waals surface area contributed by atoms with Crippen LogP contribution in [0.2, 0.25) is 0 Å². The van der Waals surface area contributed by atoms with Gasteiger partial charge >= 0.3 is 0 Å². The van der Waals surface area contributed by atoms with E-state index in [1.807, 2.05) is 0 Å². The first-order valence-corrected chi connectivity index (χ1v) is 8.16. The number of hydrogen-bond acceptors (Lipinski definition) is 4. The van der Waals surface area contributed by atoms with Crippen molar-refractivity contribution in [2.45, 2.75) is 58.0 Å². The lowest BCUT2D eigenvalue weighted by molar-refractivity contribution is -0.133. The summed E-state index contributed by atoms with van der Waals surface area (Å²) in [7, 11) is 0. The summed E-state index contributed by atoms with van der Waals surface area (Å²) in [5.41, 5.74) is 0.617. The summed E-state index contributed by atoms with van der Waals surface area (Å²) in [5, 5.41) is 21.0. The molecule has 22 heavy (non-hydrogen) atoms. The van der Waals surface area contributed by atoms with Crippen LogP contribution in [0.1, 0.15) is 58.1 Å². The molecule has 2 rings (SSSR count). The molecule has 6 heteroatoms. The highest BCUT2D eigenvalue weighted by Gasteiger charge is 2.38. The van der Waals surface area contributed by atoms with Gasteiger partial charge in [0.05, 0.1) is 12.7 Å². The average Bonchev–Trinajstić information content (AvgIpc) is 3.03. The molecule has 1 aliphatic rings. The molecule has 0 aliphatic carbocycles. The van der Waals surface area contributed by atoms with E-state index in [2.05, 4.69) is 29.3 Å². The fraction of sp³-hybridized carbons (Fsp3) is 0.688. The Labute approximate surface area is 131 Å². The summed E-state index contributed by atoms with van der Waals surface area (Å²) < 4.78 is 0. The predicted molar refractivity (Wildman–Crippen MR) is 84.0 cm³/mol. The lowest BCUT2D eigenvalue weighted by Gasteiger charge is -2.37. The van der Waals surface area contributed by atoms with Gasteiger partial charge in [-0.2, -0.15) is 15.4 Å². The summed E-state index contributed by atoms with van der Waals surface area (Å²) >= 11 is 0. The fourth-order valence-electron chi connectivity index (χ4n) is 3.04. The van der Waals surface area contributed by atoms with Gasteiger partial charge in [0.15, 0.2) is 0 Å². The summed E-state index contributed by atoms with van der Waals surface area (Å²) in [5.74, 6) is -0.00137. The zero-order valence-corrected chi connectivity index (χ0v) is 13.5. The van der Waals surface area contributed by atoms with Gasteiger partial charge in [0.2, 0.25) is 5.91 Å². The van der Waals surface area contributed by atoms with Gasteiger partial charge in [0, 0.05) is 12.6 Å². The number of aromatic amines is 1. The zero-order chi connectivity index (χ0) is 16.0. The van der Waals surface area contributed by atoms with Crippen molar-refractivity contribution >= 4 is 5.91 Å². The van der Waals surface area contributed by atoms with Crippen LogP contribution in [0.5, 0.6) is 0 Å². The fourth-order valence-corrected chi connectivity index (χ4v) is 3.04. The minimum Gasteiger partial charge on any atom is -0.382 e. The number of nitrogens with one attached hydrogen (secondary N) is 1. The molecule has 1 saturated heterocycles. The van der Waals surface area contributed by atoms with Crippen molar-refractivity contribution in [1.82, 2.24) is 20.3 Å². The molecule has 0 bridgehead atoms. The summed E-state index contributed by atoms with van der Waals surface area (Å²) in [6.45, 7) is 5.21. The first-order chi connectivity index (χ1) is 10.6. The molecule has 0 aromatic carbocycles. The first-order valence-electron chi connectivity index (χ1n) is 8.16. The van der Waals surface area contributed by atoms with Crippen LogP contribution in [-0.4, -0.2) is 44.4 Å². The Morgan fingerprint density at radius 2 is 2.18 bits per heavy atom. The van der Waals surface area contributed by atoms with Crippen LogP contribution in [0.3, 0.4) is 0 Å². The van der Waals surface area contributed by atoms with Crippen LogP contribution in [-0.2, 0) is 10.4 Å². The van der Waals surface area contributed by atoms with E-state index in [-0.39, 0.29) is 12.5 Å². The molecule has 1 aromatic heterocycles. The summed E-state index contributed by atoms with van der Waals surface area (Å²) in [6, 6.07) is 0. The quantitative estimate of drug-likeness (QED) is 0.789. The van der Waals surface area contributed by atoms with Gasteiger partial charge < -0.3 is 10.0 Å². The molecule has 0 unspecified atom stereocenters. The van der Waals surface area contributed by atoms with Crippen LogP contribution in [0.15, 0.2) is 17.8 Å². The molecule has 6 nitrogen and oxygen atoms in total. The monoisotopic (exact) mass is 306 g/mol. The number of likely N-dealkylation sites (tertiary alicyclic amines) is 1. The molecular formula is C16H26N4O2. The summed E-state index contributed by atoms with van der Waals surface area (Å²) in [6.07, 6.45) is 8.67. The Morgan fingerprint density at radius 1 is 1.45 bits per heavy atom. The Morgan fingerprint density at radius 3 is 2.77 bits per heavy atom. The highest BCUT2D eigenvalue weighted by molar-refractivity contribution is 5.88. The highest BCUT2D eigenvalue weighted by atomic mass is 16.3. The number of amides is 1. The number of aliphatic hydroxyl groups is 1. The van der Waals surface area contributed by atoms with Gasteiger partial charge in [-0.25, -0.2) is 0 Å². The van der Waals surface area contributed by atoms with Crippen molar-refractivity contribution in [1.29, 1.82) is 0 Å². The van der Waals surface area contributed by atoms with Gasteiger partial charge in [0.25, 0.3) is 0 Å². The molecule has 2 heterocycles. The number of carbonyl (C=O) groups is 1. The Hall–Kier alpha value is -1.69.